The van der Waals surface area contributed by atoms with Crippen LogP contribution in [0.2, 0.25) is 0 Å². The maximum Gasteiger partial charge on any atom is 0.244 e. The summed E-state index contributed by atoms with van der Waals surface area (Å²) in [5.41, 5.74) is -0.337. The van der Waals surface area contributed by atoms with Crippen LogP contribution in [0.4, 0.5) is 18.9 Å². The number of amides is 1. The van der Waals surface area contributed by atoms with Crippen molar-refractivity contribution in [1.29, 1.82) is 0 Å². The fourth-order valence-corrected chi connectivity index (χ4v) is 2.21. The maximum absolute atomic E-state index is 13.6. The lowest BCUT2D eigenvalue weighted by Crippen LogP contribution is -2.41. The summed E-state index contributed by atoms with van der Waals surface area (Å²) in [5.74, 6) is -3.75. The number of hydrogen-bond acceptors (Lipinski definition) is 2. The predicted molar refractivity (Wildman–Crippen MR) is 65.3 cm³/mol. The average Bonchev–Trinajstić information content (AvgIpc) is 2.65. The van der Waals surface area contributed by atoms with Gasteiger partial charge >= 0.3 is 0 Å². The quantitative estimate of drug-likeness (QED) is 0.856. The van der Waals surface area contributed by atoms with Crippen molar-refractivity contribution in [3.8, 4) is 0 Å². The zero-order valence-corrected chi connectivity index (χ0v) is 10.7. The van der Waals surface area contributed by atoms with Gasteiger partial charge in [-0.1, -0.05) is 13.8 Å². The van der Waals surface area contributed by atoms with Gasteiger partial charge < -0.3 is 10.2 Å². The molecule has 3 nitrogen and oxygen atoms in total. The number of anilines is 1. The Labute approximate surface area is 109 Å². The van der Waals surface area contributed by atoms with Gasteiger partial charge in [0.2, 0.25) is 5.91 Å². The number of halogens is 3. The lowest BCUT2D eigenvalue weighted by molar-refractivity contribution is -0.119. The summed E-state index contributed by atoms with van der Waals surface area (Å²) in [5, 5.41) is 3.04. The minimum absolute atomic E-state index is 0.1000. The van der Waals surface area contributed by atoms with Gasteiger partial charge in [0.15, 0.2) is 11.6 Å². The summed E-state index contributed by atoms with van der Waals surface area (Å²) in [7, 11) is 0. The molecule has 1 aromatic carbocycles. The Balaban J connectivity index is 2.27. The van der Waals surface area contributed by atoms with Crippen LogP contribution in [0, 0.1) is 17.5 Å². The number of benzene rings is 1. The van der Waals surface area contributed by atoms with Crippen LogP contribution in [0.1, 0.15) is 20.3 Å². The van der Waals surface area contributed by atoms with Crippen molar-refractivity contribution in [1.82, 2.24) is 5.32 Å². The van der Waals surface area contributed by atoms with Crippen molar-refractivity contribution in [2.24, 2.45) is 0 Å². The van der Waals surface area contributed by atoms with Gasteiger partial charge in [-0.25, -0.2) is 13.2 Å². The lowest BCUT2D eigenvalue weighted by atomic mass is 10.2. The molecule has 1 heterocycles. The van der Waals surface area contributed by atoms with E-state index in [0.717, 1.165) is 11.0 Å². The summed E-state index contributed by atoms with van der Waals surface area (Å²) in [6, 6.07) is 0.964. The zero-order chi connectivity index (χ0) is 14.2. The molecule has 1 N–H and O–H groups in total. The summed E-state index contributed by atoms with van der Waals surface area (Å²) in [4.78, 5) is 13.2. The molecule has 2 rings (SSSR count). The van der Waals surface area contributed by atoms with E-state index < -0.39 is 23.5 Å². The predicted octanol–water partition coefficient (Wildman–Crippen LogP) is 2.21. The summed E-state index contributed by atoms with van der Waals surface area (Å²) in [6.07, 6.45) is 0.481. The fourth-order valence-electron chi connectivity index (χ4n) is 2.21. The van der Waals surface area contributed by atoms with Crippen LogP contribution in [0.25, 0.3) is 0 Å². The van der Waals surface area contributed by atoms with Gasteiger partial charge in [-0.3, -0.25) is 4.79 Å². The number of nitrogens with zero attached hydrogens (tertiary/aromatic N) is 1. The number of hydrogen-bond donors (Lipinski definition) is 1. The van der Waals surface area contributed by atoms with Gasteiger partial charge in [0.05, 0.1) is 11.7 Å². The third kappa shape index (κ3) is 2.73. The molecule has 104 valence electrons. The van der Waals surface area contributed by atoms with Gasteiger partial charge in [0, 0.05) is 24.7 Å². The smallest absolute Gasteiger partial charge is 0.244 e. The second-order valence-corrected chi connectivity index (χ2v) is 4.87. The number of rotatable bonds is 3. The molecular formula is C13H15F3N2O. The first kappa shape index (κ1) is 13.9. The normalized spacial score (nSPS) is 19.6. The Morgan fingerprint density at radius 3 is 2.63 bits per heavy atom. The summed E-state index contributed by atoms with van der Waals surface area (Å²) < 4.78 is 39.9. The SMILES string of the molecule is CC(C)NC1CCN(c2cc(F)cc(F)c2F)C1=O. The first-order valence-electron chi connectivity index (χ1n) is 6.12. The Morgan fingerprint density at radius 1 is 1.32 bits per heavy atom. The molecule has 19 heavy (non-hydrogen) atoms. The molecule has 0 radical (unpaired) electrons. The first-order chi connectivity index (χ1) is 8.90. The zero-order valence-electron chi connectivity index (χ0n) is 10.7. The Kier molecular flexibility index (Phi) is 3.80. The van der Waals surface area contributed by atoms with Gasteiger partial charge in [-0.15, -0.1) is 0 Å². The second-order valence-electron chi connectivity index (χ2n) is 4.87. The van der Waals surface area contributed by atoms with E-state index in [9.17, 15) is 18.0 Å². The highest BCUT2D eigenvalue weighted by Crippen LogP contribution is 2.27. The molecule has 1 amide bonds. The van der Waals surface area contributed by atoms with Crippen LogP contribution in [-0.4, -0.2) is 24.5 Å². The molecule has 1 aliphatic heterocycles. The third-order valence-electron chi connectivity index (χ3n) is 3.00. The highest BCUT2D eigenvalue weighted by molar-refractivity contribution is 5.99. The molecule has 0 bridgehead atoms. The van der Waals surface area contributed by atoms with E-state index >= 15 is 0 Å². The molecule has 1 saturated heterocycles. The number of carbonyl (C=O) groups is 1. The molecular weight excluding hydrogens is 257 g/mol. The van der Waals surface area contributed by atoms with Crippen LogP contribution in [0.15, 0.2) is 12.1 Å². The van der Waals surface area contributed by atoms with Gasteiger partial charge in [-0.05, 0) is 6.42 Å². The fraction of sp³-hybridized carbons (Fsp3) is 0.462. The van der Waals surface area contributed by atoms with Gasteiger partial charge in [0.25, 0.3) is 0 Å². The highest BCUT2D eigenvalue weighted by atomic mass is 19.2. The Hall–Kier alpha value is -1.56. The molecule has 0 spiro atoms. The molecule has 0 saturated carbocycles. The van der Waals surface area contributed by atoms with E-state index in [2.05, 4.69) is 5.32 Å². The number of nitrogens with one attached hydrogen (secondary N) is 1. The first-order valence-corrected chi connectivity index (χ1v) is 6.12. The van der Waals surface area contributed by atoms with Crippen LogP contribution in [0.3, 0.4) is 0 Å². The Morgan fingerprint density at radius 2 is 2.00 bits per heavy atom. The van der Waals surface area contributed by atoms with E-state index in [1.54, 1.807) is 0 Å². The van der Waals surface area contributed by atoms with Crippen molar-refractivity contribution >= 4 is 11.6 Å². The molecule has 1 aromatic rings. The molecule has 0 aromatic heterocycles. The van der Waals surface area contributed by atoms with E-state index in [1.165, 1.54) is 0 Å². The van der Waals surface area contributed by atoms with Crippen molar-refractivity contribution in [3.63, 3.8) is 0 Å². The lowest BCUT2D eigenvalue weighted by Gasteiger charge is -2.19. The average molecular weight is 272 g/mol. The third-order valence-corrected chi connectivity index (χ3v) is 3.00. The van der Waals surface area contributed by atoms with Gasteiger partial charge in [-0.2, -0.15) is 0 Å². The monoisotopic (exact) mass is 272 g/mol. The van der Waals surface area contributed by atoms with Crippen LogP contribution in [0.5, 0.6) is 0 Å². The molecule has 1 unspecified atom stereocenters. The van der Waals surface area contributed by atoms with Crippen molar-refractivity contribution < 1.29 is 18.0 Å². The van der Waals surface area contributed by atoms with E-state index in [0.29, 0.717) is 12.5 Å². The van der Waals surface area contributed by atoms with E-state index in [4.69, 9.17) is 0 Å². The summed E-state index contributed by atoms with van der Waals surface area (Å²) >= 11 is 0. The molecule has 1 fully saturated rings. The standard InChI is InChI=1S/C13H15F3N2O/c1-7(2)17-10-3-4-18(13(10)19)11-6-8(14)5-9(15)12(11)16/h5-7,10,17H,3-4H2,1-2H3. The van der Waals surface area contributed by atoms with E-state index in [1.807, 2.05) is 13.8 Å². The van der Waals surface area contributed by atoms with Crippen molar-refractivity contribution in [2.75, 3.05) is 11.4 Å². The van der Waals surface area contributed by atoms with Crippen molar-refractivity contribution in [3.05, 3.63) is 29.6 Å². The van der Waals surface area contributed by atoms with Crippen molar-refractivity contribution in [2.45, 2.75) is 32.4 Å². The minimum Gasteiger partial charge on any atom is -0.308 e. The van der Waals surface area contributed by atoms with Gasteiger partial charge in [0.1, 0.15) is 5.82 Å². The molecule has 0 aliphatic carbocycles. The molecule has 1 atom stereocenters. The minimum atomic E-state index is -1.29. The number of carbonyl (C=O) groups excluding carboxylic acids is 1. The highest BCUT2D eigenvalue weighted by Gasteiger charge is 2.34. The topological polar surface area (TPSA) is 32.3 Å². The van der Waals surface area contributed by atoms with Crippen LogP contribution in [-0.2, 0) is 4.79 Å². The van der Waals surface area contributed by atoms with E-state index in [-0.39, 0.29) is 24.2 Å². The Bertz CT molecular complexity index is 505. The summed E-state index contributed by atoms with van der Waals surface area (Å²) in [6.45, 7) is 4.01. The molecule has 1 aliphatic rings. The second kappa shape index (κ2) is 5.21. The maximum atomic E-state index is 13.6. The van der Waals surface area contributed by atoms with Crippen LogP contribution < -0.4 is 10.2 Å². The molecule has 6 heteroatoms. The van der Waals surface area contributed by atoms with Crippen LogP contribution >= 0.6 is 0 Å². The largest absolute Gasteiger partial charge is 0.308 e.